The van der Waals surface area contributed by atoms with Crippen molar-refractivity contribution < 1.29 is 23.9 Å². The third-order valence-electron chi connectivity index (χ3n) is 4.50. The first-order chi connectivity index (χ1) is 15.5. The van der Waals surface area contributed by atoms with Gasteiger partial charge in [-0.2, -0.15) is 5.10 Å². The molecule has 10 heteroatoms. The molecule has 32 heavy (non-hydrogen) atoms. The summed E-state index contributed by atoms with van der Waals surface area (Å²) >= 11 is 3.34. The Kier molecular flexibility index (Phi) is 8.76. The van der Waals surface area contributed by atoms with Gasteiger partial charge in [0.2, 0.25) is 0 Å². The number of carbonyl (C=O) groups excluding carboxylic acids is 3. The number of halogens is 1. The number of hydrogen-bond donors (Lipinski definition) is 3. The molecule has 0 spiro atoms. The van der Waals surface area contributed by atoms with Gasteiger partial charge < -0.3 is 20.1 Å². The van der Waals surface area contributed by atoms with Crippen LogP contribution in [0.15, 0.2) is 58.1 Å². The standard InChI is InChI=1S/C22H23BrN4O5/c23-16-7-9-17(10-8-16)26-20(28)14-32-19-6-2-1-4-15(19)12-25-27-22(30)21(29)24-13-18-5-3-11-31-18/h1-2,4,6-10,12,18H,3,5,11,13-14H2,(H,24,29)(H,26,28)(H,27,30)/b25-12-/t18-/m0/s1. The molecule has 1 saturated heterocycles. The Bertz CT molecular complexity index is 975. The van der Waals surface area contributed by atoms with Crippen molar-refractivity contribution in [2.45, 2.75) is 18.9 Å². The van der Waals surface area contributed by atoms with E-state index in [2.05, 4.69) is 37.1 Å². The molecule has 1 heterocycles. The van der Waals surface area contributed by atoms with Gasteiger partial charge >= 0.3 is 11.8 Å². The van der Waals surface area contributed by atoms with Crippen molar-refractivity contribution in [2.24, 2.45) is 5.10 Å². The maximum atomic E-state index is 12.1. The topological polar surface area (TPSA) is 118 Å². The SMILES string of the molecule is O=C(COc1ccccc1/C=N\NC(=O)C(=O)NC[C@@H]1CCCO1)Nc1ccc(Br)cc1. The normalized spacial score (nSPS) is 15.3. The first-order valence-electron chi connectivity index (χ1n) is 10.0. The lowest BCUT2D eigenvalue weighted by Crippen LogP contribution is -2.41. The molecule has 3 amide bonds. The lowest BCUT2D eigenvalue weighted by Gasteiger charge is -2.10. The number of para-hydroxylation sites is 1. The molecule has 0 bridgehead atoms. The van der Waals surface area contributed by atoms with E-state index in [1.54, 1.807) is 36.4 Å². The van der Waals surface area contributed by atoms with E-state index < -0.39 is 11.8 Å². The highest BCUT2D eigenvalue weighted by Crippen LogP contribution is 2.17. The number of nitrogens with zero attached hydrogens (tertiary/aromatic N) is 1. The van der Waals surface area contributed by atoms with Gasteiger partial charge in [0.05, 0.1) is 12.3 Å². The van der Waals surface area contributed by atoms with Crippen LogP contribution in [0.25, 0.3) is 0 Å². The van der Waals surface area contributed by atoms with E-state index in [0.29, 0.717) is 23.6 Å². The van der Waals surface area contributed by atoms with E-state index in [-0.39, 0.29) is 25.2 Å². The van der Waals surface area contributed by atoms with Crippen LogP contribution >= 0.6 is 15.9 Å². The van der Waals surface area contributed by atoms with Crippen LogP contribution in [-0.4, -0.2) is 49.8 Å². The predicted octanol–water partition coefficient (Wildman–Crippen LogP) is 2.21. The zero-order valence-electron chi connectivity index (χ0n) is 17.2. The van der Waals surface area contributed by atoms with Crippen molar-refractivity contribution in [2.75, 3.05) is 25.1 Å². The Morgan fingerprint density at radius 2 is 1.91 bits per heavy atom. The summed E-state index contributed by atoms with van der Waals surface area (Å²) < 4.78 is 11.9. The summed E-state index contributed by atoms with van der Waals surface area (Å²) in [7, 11) is 0. The molecule has 0 saturated carbocycles. The average Bonchev–Trinajstić information content (AvgIpc) is 3.32. The molecule has 9 nitrogen and oxygen atoms in total. The fourth-order valence-electron chi connectivity index (χ4n) is 2.90. The summed E-state index contributed by atoms with van der Waals surface area (Å²) in [5.41, 5.74) is 3.36. The molecule has 2 aromatic carbocycles. The molecule has 3 rings (SSSR count). The molecule has 2 aromatic rings. The van der Waals surface area contributed by atoms with Gasteiger partial charge in [0.15, 0.2) is 6.61 Å². The first-order valence-corrected chi connectivity index (χ1v) is 10.8. The highest BCUT2D eigenvalue weighted by atomic mass is 79.9. The average molecular weight is 503 g/mol. The van der Waals surface area contributed by atoms with Gasteiger partial charge in [0.25, 0.3) is 5.91 Å². The van der Waals surface area contributed by atoms with Gasteiger partial charge in [-0.3, -0.25) is 14.4 Å². The zero-order chi connectivity index (χ0) is 22.8. The van der Waals surface area contributed by atoms with Gasteiger partial charge in [-0.25, -0.2) is 5.43 Å². The molecule has 1 aliphatic heterocycles. The van der Waals surface area contributed by atoms with Crippen LogP contribution in [0, 0.1) is 0 Å². The Balaban J connectivity index is 1.46. The molecule has 0 radical (unpaired) electrons. The van der Waals surface area contributed by atoms with E-state index in [9.17, 15) is 14.4 Å². The third-order valence-corrected chi connectivity index (χ3v) is 5.02. The Hall–Kier alpha value is -3.24. The Morgan fingerprint density at radius 1 is 1.12 bits per heavy atom. The van der Waals surface area contributed by atoms with E-state index in [1.807, 2.05) is 12.1 Å². The number of carbonyl (C=O) groups is 3. The van der Waals surface area contributed by atoms with Crippen LogP contribution < -0.4 is 20.8 Å². The number of amides is 3. The molecule has 0 aliphatic carbocycles. The second-order valence-electron chi connectivity index (χ2n) is 6.93. The lowest BCUT2D eigenvalue weighted by atomic mass is 10.2. The maximum absolute atomic E-state index is 12.1. The van der Waals surface area contributed by atoms with E-state index in [1.165, 1.54) is 6.21 Å². The van der Waals surface area contributed by atoms with Crippen LogP contribution in [0.3, 0.4) is 0 Å². The molecular formula is C22H23BrN4O5. The highest BCUT2D eigenvalue weighted by Gasteiger charge is 2.19. The Labute approximate surface area is 193 Å². The van der Waals surface area contributed by atoms with E-state index in [0.717, 1.165) is 17.3 Å². The zero-order valence-corrected chi connectivity index (χ0v) is 18.8. The van der Waals surface area contributed by atoms with E-state index in [4.69, 9.17) is 9.47 Å². The number of hydrogen-bond acceptors (Lipinski definition) is 6. The molecular weight excluding hydrogens is 480 g/mol. The van der Waals surface area contributed by atoms with Gasteiger partial charge in [-0.15, -0.1) is 0 Å². The number of rotatable bonds is 8. The van der Waals surface area contributed by atoms with Crippen molar-refractivity contribution >= 4 is 45.6 Å². The largest absolute Gasteiger partial charge is 0.483 e. The van der Waals surface area contributed by atoms with Gasteiger partial charge in [0, 0.05) is 28.9 Å². The molecule has 168 valence electrons. The molecule has 1 atom stereocenters. The minimum Gasteiger partial charge on any atom is -0.483 e. The van der Waals surface area contributed by atoms with Gasteiger partial charge in [-0.1, -0.05) is 28.1 Å². The van der Waals surface area contributed by atoms with Crippen LogP contribution in [0.1, 0.15) is 18.4 Å². The third kappa shape index (κ3) is 7.47. The molecule has 0 unspecified atom stereocenters. The smallest absolute Gasteiger partial charge is 0.329 e. The summed E-state index contributed by atoms with van der Waals surface area (Å²) in [6.45, 7) is 0.748. The van der Waals surface area contributed by atoms with Gasteiger partial charge in [-0.05, 0) is 49.2 Å². The van der Waals surface area contributed by atoms with Crippen LogP contribution in [0.4, 0.5) is 5.69 Å². The molecule has 1 fully saturated rings. The second-order valence-corrected chi connectivity index (χ2v) is 7.84. The minimum absolute atomic E-state index is 0.0553. The monoisotopic (exact) mass is 502 g/mol. The minimum atomic E-state index is -0.883. The number of hydrazone groups is 1. The van der Waals surface area contributed by atoms with Crippen molar-refractivity contribution in [1.29, 1.82) is 0 Å². The summed E-state index contributed by atoms with van der Waals surface area (Å²) in [6, 6.07) is 14.0. The summed E-state index contributed by atoms with van der Waals surface area (Å²) in [4.78, 5) is 35.8. The van der Waals surface area contributed by atoms with Crippen molar-refractivity contribution in [3.05, 3.63) is 58.6 Å². The fraction of sp³-hybridized carbons (Fsp3) is 0.273. The summed E-state index contributed by atoms with van der Waals surface area (Å²) in [5.74, 6) is -1.59. The highest BCUT2D eigenvalue weighted by molar-refractivity contribution is 9.10. The summed E-state index contributed by atoms with van der Waals surface area (Å²) in [6.07, 6.45) is 3.09. The quantitative estimate of drug-likeness (QED) is 0.290. The lowest BCUT2D eigenvalue weighted by molar-refractivity contribution is -0.139. The predicted molar refractivity (Wildman–Crippen MR) is 122 cm³/mol. The number of benzene rings is 2. The van der Waals surface area contributed by atoms with E-state index >= 15 is 0 Å². The molecule has 1 aliphatic rings. The second kappa shape index (κ2) is 12.0. The molecule has 0 aromatic heterocycles. The van der Waals surface area contributed by atoms with Crippen LogP contribution in [0.2, 0.25) is 0 Å². The molecule has 3 N–H and O–H groups in total. The Morgan fingerprint density at radius 3 is 2.66 bits per heavy atom. The first kappa shape index (κ1) is 23.4. The van der Waals surface area contributed by atoms with Crippen LogP contribution in [-0.2, 0) is 19.1 Å². The van der Waals surface area contributed by atoms with Crippen molar-refractivity contribution in [3.63, 3.8) is 0 Å². The van der Waals surface area contributed by atoms with Crippen molar-refractivity contribution in [3.8, 4) is 5.75 Å². The van der Waals surface area contributed by atoms with Crippen LogP contribution in [0.5, 0.6) is 5.75 Å². The fourth-order valence-corrected chi connectivity index (χ4v) is 3.16. The maximum Gasteiger partial charge on any atom is 0.329 e. The van der Waals surface area contributed by atoms with Crippen molar-refractivity contribution in [1.82, 2.24) is 10.7 Å². The summed E-state index contributed by atoms with van der Waals surface area (Å²) in [5, 5.41) is 9.06. The number of ether oxygens (including phenoxy) is 2. The van der Waals surface area contributed by atoms with Gasteiger partial charge in [0.1, 0.15) is 5.75 Å². The number of anilines is 1. The number of nitrogens with one attached hydrogen (secondary N) is 3.